The monoisotopic (exact) mass is 341 g/mol. The molecule has 0 bridgehead atoms. The molecule has 0 saturated heterocycles. The number of carbonyl (C=O) groups is 1. The van der Waals surface area contributed by atoms with Crippen molar-refractivity contribution < 1.29 is 4.79 Å². The number of rotatable bonds is 2. The van der Waals surface area contributed by atoms with Crippen LogP contribution in [0.5, 0.6) is 0 Å². The minimum Gasteiger partial charge on any atom is -0.327 e. The fraction of sp³-hybridized carbons (Fsp3) is 0.500. The fourth-order valence-corrected chi connectivity index (χ4v) is 3.81. The second-order valence-corrected chi connectivity index (χ2v) is 6.60. The van der Waals surface area contributed by atoms with Crippen molar-refractivity contribution in [2.45, 2.75) is 39.2 Å². The van der Waals surface area contributed by atoms with Crippen molar-refractivity contribution in [3.05, 3.63) is 27.5 Å². The van der Waals surface area contributed by atoms with E-state index in [1.807, 2.05) is 20.9 Å². The van der Waals surface area contributed by atoms with Gasteiger partial charge in [0.15, 0.2) is 5.13 Å². The quantitative estimate of drug-likeness (QED) is 0.874. The predicted molar refractivity (Wildman–Crippen MR) is 90.0 cm³/mol. The first-order valence-electron chi connectivity index (χ1n) is 7.01. The Balaban J connectivity index is 0.00000176. The van der Waals surface area contributed by atoms with Crippen molar-refractivity contribution in [2.24, 2.45) is 12.8 Å². The molecule has 0 aromatic carbocycles. The Kier molecular flexibility index (Phi) is 4.89. The second-order valence-electron chi connectivity index (χ2n) is 5.52. The topological polar surface area (TPSA) is 85.8 Å². The molecule has 1 atom stereocenters. The Hall–Kier alpha value is -1.44. The highest BCUT2D eigenvalue weighted by molar-refractivity contribution is 7.15. The van der Waals surface area contributed by atoms with Gasteiger partial charge in [-0.2, -0.15) is 5.10 Å². The summed E-state index contributed by atoms with van der Waals surface area (Å²) in [7, 11) is 1.84. The number of fused-ring (bicyclic) bond motifs is 1. The van der Waals surface area contributed by atoms with E-state index < -0.39 is 0 Å². The average Bonchev–Trinajstić information content (AvgIpc) is 2.90. The van der Waals surface area contributed by atoms with Crippen LogP contribution in [0.15, 0.2) is 0 Å². The van der Waals surface area contributed by atoms with Gasteiger partial charge >= 0.3 is 0 Å². The molecular formula is C14H20ClN5OS. The summed E-state index contributed by atoms with van der Waals surface area (Å²) in [6, 6.07) is 0.212. The molecule has 0 unspecified atom stereocenters. The van der Waals surface area contributed by atoms with Crippen LogP contribution in [0.4, 0.5) is 5.13 Å². The van der Waals surface area contributed by atoms with Crippen LogP contribution in [0, 0.1) is 13.8 Å². The Bertz CT molecular complexity index is 708. The van der Waals surface area contributed by atoms with Crippen LogP contribution in [-0.2, 0) is 19.9 Å². The SMILES string of the molecule is Cc1nn(C)c(C)c1C(=O)Nc1nc2c(s1)C[C@@H](N)CC2.Cl. The van der Waals surface area contributed by atoms with E-state index in [1.165, 1.54) is 16.2 Å². The number of nitrogens with zero attached hydrogens (tertiary/aromatic N) is 3. The zero-order valence-corrected chi connectivity index (χ0v) is 14.5. The van der Waals surface area contributed by atoms with E-state index in [2.05, 4.69) is 15.4 Å². The third-order valence-corrected chi connectivity index (χ3v) is 4.97. The normalized spacial score (nSPS) is 16.8. The zero-order valence-electron chi connectivity index (χ0n) is 12.8. The molecule has 0 saturated carbocycles. The molecule has 0 aliphatic heterocycles. The summed E-state index contributed by atoms with van der Waals surface area (Å²) < 4.78 is 1.72. The zero-order chi connectivity index (χ0) is 15.1. The van der Waals surface area contributed by atoms with E-state index in [0.717, 1.165) is 36.3 Å². The molecule has 1 aliphatic rings. The van der Waals surface area contributed by atoms with E-state index in [0.29, 0.717) is 10.7 Å². The Morgan fingerprint density at radius 3 is 2.82 bits per heavy atom. The van der Waals surface area contributed by atoms with E-state index in [4.69, 9.17) is 5.73 Å². The van der Waals surface area contributed by atoms with Crippen LogP contribution < -0.4 is 11.1 Å². The largest absolute Gasteiger partial charge is 0.327 e. The van der Waals surface area contributed by atoms with Crippen LogP contribution in [0.25, 0.3) is 0 Å². The highest BCUT2D eigenvalue weighted by atomic mass is 35.5. The maximum Gasteiger partial charge on any atom is 0.261 e. The van der Waals surface area contributed by atoms with Crippen LogP contribution in [0.2, 0.25) is 0 Å². The summed E-state index contributed by atoms with van der Waals surface area (Å²) in [5, 5.41) is 7.82. The number of nitrogens with one attached hydrogen (secondary N) is 1. The third kappa shape index (κ3) is 3.02. The fourth-order valence-electron chi connectivity index (χ4n) is 2.72. The van der Waals surface area contributed by atoms with E-state index in [1.54, 1.807) is 4.68 Å². The van der Waals surface area contributed by atoms with Crippen molar-refractivity contribution in [3.63, 3.8) is 0 Å². The summed E-state index contributed by atoms with van der Waals surface area (Å²) in [5.74, 6) is -0.145. The van der Waals surface area contributed by atoms with Gasteiger partial charge in [-0.25, -0.2) is 4.98 Å². The highest BCUT2D eigenvalue weighted by Crippen LogP contribution is 2.29. The first-order chi connectivity index (χ1) is 9.95. The number of hydrogen-bond donors (Lipinski definition) is 2. The molecule has 0 fully saturated rings. The van der Waals surface area contributed by atoms with Gasteiger partial charge in [0.2, 0.25) is 0 Å². The van der Waals surface area contributed by atoms with Crippen LogP contribution in [0.3, 0.4) is 0 Å². The lowest BCUT2D eigenvalue weighted by molar-refractivity contribution is 0.102. The number of aromatic nitrogens is 3. The van der Waals surface area contributed by atoms with E-state index in [9.17, 15) is 4.79 Å². The van der Waals surface area contributed by atoms with Gasteiger partial charge in [-0.15, -0.1) is 23.7 Å². The molecule has 22 heavy (non-hydrogen) atoms. The number of nitrogens with two attached hydrogens (primary N) is 1. The number of carbonyl (C=O) groups excluding carboxylic acids is 1. The van der Waals surface area contributed by atoms with Gasteiger partial charge < -0.3 is 5.73 Å². The molecule has 1 aliphatic carbocycles. The van der Waals surface area contributed by atoms with Gasteiger partial charge in [-0.3, -0.25) is 14.8 Å². The van der Waals surface area contributed by atoms with Crippen molar-refractivity contribution in [2.75, 3.05) is 5.32 Å². The first kappa shape index (κ1) is 16.9. The number of aryl methyl sites for hydroxylation is 3. The average molecular weight is 342 g/mol. The molecular weight excluding hydrogens is 322 g/mol. The minimum atomic E-state index is -0.145. The molecule has 2 aromatic heterocycles. The molecule has 0 spiro atoms. The molecule has 8 heteroatoms. The van der Waals surface area contributed by atoms with E-state index in [-0.39, 0.29) is 24.4 Å². The van der Waals surface area contributed by atoms with Gasteiger partial charge in [0, 0.05) is 23.7 Å². The molecule has 6 nitrogen and oxygen atoms in total. The third-order valence-electron chi connectivity index (χ3n) is 3.93. The lowest BCUT2D eigenvalue weighted by Crippen LogP contribution is -2.27. The van der Waals surface area contributed by atoms with E-state index >= 15 is 0 Å². The van der Waals surface area contributed by atoms with Crippen molar-refractivity contribution in [3.8, 4) is 0 Å². The second kappa shape index (κ2) is 6.36. The standard InChI is InChI=1S/C14H19N5OS.ClH/c1-7-12(8(2)19(3)18-7)13(20)17-14-16-10-5-4-9(15)6-11(10)21-14;/h9H,4-6,15H2,1-3H3,(H,16,17,20);1H/t9-;/m0./s1. The summed E-state index contributed by atoms with van der Waals surface area (Å²) in [4.78, 5) is 18.1. The number of thiazole rings is 1. The molecule has 1 amide bonds. The number of halogens is 1. The summed E-state index contributed by atoms with van der Waals surface area (Å²) >= 11 is 1.53. The van der Waals surface area contributed by atoms with Gasteiger partial charge in [-0.05, 0) is 33.1 Å². The van der Waals surface area contributed by atoms with Crippen LogP contribution in [0.1, 0.15) is 38.7 Å². The highest BCUT2D eigenvalue weighted by Gasteiger charge is 2.22. The Morgan fingerprint density at radius 1 is 1.45 bits per heavy atom. The maximum atomic E-state index is 12.4. The van der Waals surface area contributed by atoms with Crippen LogP contribution >= 0.6 is 23.7 Å². The molecule has 120 valence electrons. The lowest BCUT2D eigenvalue weighted by atomic mass is 9.99. The van der Waals surface area contributed by atoms with Crippen molar-refractivity contribution in [1.29, 1.82) is 0 Å². The molecule has 3 rings (SSSR count). The summed E-state index contributed by atoms with van der Waals surface area (Å²) in [5.41, 5.74) is 9.27. The number of hydrogen-bond acceptors (Lipinski definition) is 5. The van der Waals surface area contributed by atoms with Crippen molar-refractivity contribution >= 4 is 34.8 Å². The lowest BCUT2D eigenvalue weighted by Gasteiger charge is -2.15. The van der Waals surface area contributed by atoms with Crippen LogP contribution in [-0.4, -0.2) is 26.7 Å². The van der Waals surface area contributed by atoms with Gasteiger partial charge in [0.25, 0.3) is 5.91 Å². The van der Waals surface area contributed by atoms with Gasteiger partial charge in [-0.1, -0.05) is 0 Å². The van der Waals surface area contributed by atoms with Gasteiger partial charge in [0.05, 0.1) is 17.0 Å². The predicted octanol–water partition coefficient (Wildman–Crippen LogP) is 1.98. The Labute approximate surface area is 139 Å². The van der Waals surface area contributed by atoms with Gasteiger partial charge in [0.1, 0.15) is 0 Å². The summed E-state index contributed by atoms with van der Waals surface area (Å²) in [6.45, 7) is 3.73. The summed E-state index contributed by atoms with van der Waals surface area (Å²) in [6.07, 6.45) is 2.71. The smallest absolute Gasteiger partial charge is 0.261 e. The number of anilines is 1. The molecule has 3 N–H and O–H groups in total. The minimum absolute atomic E-state index is 0. The maximum absolute atomic E-state index is 12.4. The van der Waals surface area contributed by atoms with Crippen molar-refractivity contribution in [1.82, 2.24) is 14.8 Å². The molecule has 2 heterocycles. The molecule has 2 aromatic rings. The number of amides is 1. The Morgan fingerprint density at radius 2 is 2.18 bits per heavy atom. The first-order valence-corrected chi connectivity index (χ1v) is 7.83. The molecule has 0 radical (unpaired) electrons.